The van der Waals surface area contributed by atoms with Gasteiger partial charge in [0.25, 0.3) is 0 Å². The van der Waals surface area contributed by atoms with E-state index in [1.165, 1.54) is 11.2 Å². The summed E-state index contributed by atoms with van der Waals surface area (Å²) in [4.78, 5) is 1.47. The summed E-state index contributed by atoms with van der Waals surface area (Å²) in [7, 11) is 1.77. The summed E-state index contributed by atoms with van der Waals surface area (Å²) in [6.07, 6.45) is 2.01. The maximum absolute atomic E-state index is 5.50. The molecule has 14 heavy (non-hydrogen) atoms. The van der Waals surface area contributed by atoms with Crippen LogP contribution in [0.4, 0.5) is 0 Å². The Morgan fingerprint density at radius 1 is 1.71 bits per heavy atom. The van der Waals surface area contributed by atoms with Crippen LogP contribution in [0.3, 0.4) is 0 Å². The van der Waals surface area contributed by atoms with E-state index in [1.807, 2.05) is 0 Å². The van der Waals surface area contributed by atoms with Gasteiger partial charge in [0.05, 0.1) is 7.05 Å². The molecule has 3 atom stereocenters. The van der Waals surface area contributed by atoms with Crippen LogP contribution in [-0.2, 0) is 13.5 Å². The van der Waals surface area contributed by atoms with Crippen LogP contribution >= 0.6 is 0 Å². The Balaban J connectivity index is 1.94. The lowest BCUT2D eigenvalue weighted by Gasteiger charge is -2.12. The summed E-state index contributed by atoms with van der Waals surface area (Å²) in [5.74, 6) is 7.70. The Morgan fingerprint density at radius 2 is 2.43 bits per heavy atom. The summed E-state index contributed by atoms with van der Waals surface area (Å²) >= 11 is 0. The highest BCUT2D eigenvalue weighted by atomic mass is 15.6. The van der Waals surface area contributed by atoms with E-state index in [2.05, 4.69) is 27.8 Å². The van der Waals surface area contributed by atoms with Crippen LogP contribution in [0.5, 0.6) is 0 Å². The number of hydrogen-bond donors (Lipinski definition) is 2. The van der Waals surface area contributed by atoms with Crippen LogP contribution in [0.15, 0.2) is 0 Å². The first-order valence-corrected chi connectivity index (χ1v) is 4.89. The van der Waals surface area contributed by atoms with Gasteiger partial charge in [0.15, 0.2) is 5.82 Å². The number of nitrogens with one attached hydrogen (secondary N) is 1. The minimum atomic E-state index is 0.286. The van der Waals surface area contributed by atoms with E-state index in [-0.39, 0.29) is 6.04 Å². The van der Waals surface area contributed by atoms with Crippen molar-refractivity contribution in [3.8, 4) is 0 Å². The molecule has 1 fully saturated rings. The van der Waals surface area contributed by atoms with Crippen molar-refractivity contribution in [3.63, 3.8) is 0 Å². The van der Waals surface area contributed by atoms with Gasteiger partial charge in [-0.25, -0.2) is 0 Å². The Morgan fingerprint density at radius 3 is 2.86 bits per heavy atom. The van der Waals surface area contributed by atoms with Crippen molar-refractivity contribution in [1.82, 2.24) is 25.6 Å². The largest absolute Gasteiger partial charge is 0.271 e. The average Bonchev–Trinajstić information content (AvgIpc) is 2.72. The van der Waals surface area contributed by atoms with E-state index < -0.39 is 0 Å². The van der Waals surface area contributed by atoms with Crippen LogP contribution < -0.4 is 11.3 Å². The summed E-state index contributed by atoms with van der Waals surface area (Å²) < 4.78 is 0. The lowest BCUT2D eigenvalue weighted by molar-refractivity contribution is 0.445. The van der Waals surface area contributed by atoms with Gasteiger partial charge in [-0.3, -0.25) is 11.3 Å². The van der Waals surface area contributed by atoms with Crippen molar-refractivity contribution < 1.29 is 0 Å². The molecule has 0 spiro atoms. The van der Waals surface area contributed by atoms with E-state index in [0.29, 0.717) is 5.92 Å². The predicted octanol–water partition coefficient (Wildman–Crippen LogP) is -0.759. The fourth-order valence-corrected chi connectivity index (χ4v) is 1.85. The smallest absolute Gasteiger partial charge is 0.176 e. The molecule has 0 saturated heterocycles. The predicted molar refractivity (Wildman–Crippen MR) is 50.9 cm³/mol. The van der Waals surface area contributed by atoms with Crippen molar-refractivity contribution in [1.29, 1.82) is 0 Å². The molecule has 1 heterocycles. The molecule has 1 aliphatic rings. The highest BCUT2D eigenvalue weighted by molar-refractivity contribution is 4.96. The van der Waals surface area contributed by atoms with E-state index >= 15 is 0 Å². The van der Waals surface area contributed by atoms with Gasteiger partial charge < -0.3 is 0 Å². The summed E-state index contributed by atoms with van der Waals surface area (Å²) in [5, 5.41) is 11.9. The monoisotopic (exact) mass is 196 g/mol. The number of aromatic nitrogens is 4. The van der Waals surface area contributed by atoms with Gasteiger partial charge in [-0.1, -0.05) is 6.92 Å². The van der Waals surface area contributed by atoms with Gasteiger partial charge >= 0.3 is 0 Å². The van der Waals surface area contributed by atoms with Crippen molar-refractivity contribution in [2.75, 3.05) is 0 Å². The van der Waals surface area contributed by atoms with Gasteiger partial charge in [0.2, 0.25) is 0 Å². The normalized spacial score (nSPS) is 27.6. The second-order valence-electron chi connectivity index (χ2n) is 4.05. The van der Waals surface area contributed by atoms with Crippen molar-refractivity contribution in [2.45, 2.75) is 25.8 Å². The maximum atomic E-state index is 5.50. The zero-order valence-electron chi connectivity index (χ0n) is 8.51. The molecule has 1 saturated carbocycles. The standard InChI is InChI=1S/C8H16N6/c1-5-3-6(5)7(10-9)4-8-11-13-14(2)12-8/h5-7,10H,3-4,9H2,1-2H3. The van der Waals surface area contributed by atoms with Gasteiger partial charge in [0, 0.05) is 12.5 Å². The van der Waals surface area contributed by atoms with Crippen LogP contribution in [0.25, 0.3) is 0 Å². The Hall–Kier alpha value is -1.01. The van der Waals surface area contributed by atoms with Gasteiger partial charge in [-0.15, -0.1) is 10.2 Å². The molecule has 6 nitrogen and oxygen atoms in total. The number of hydrogen-bond acceptors (Lipinski definition) is 5. The topological polar surface area (TPSA) is 81.7 Å². The van der Waals surface area contributed by atoms with Gasteiger partial charge in [-0.05, 0) is 23.5 Å². The second-order valence-corrected chi connectivity index (χ2v) is 4.05. The average molecular weight is 196 g/mol. The summed E-state index contributed by atoms with van der Waals surface area (Å²) in [6, 6.07) is 0.286. The zero-order valence-corrected chi connectivity index (χ0v) is 8.51. The molecule has 1 aromatic heterocycles. The molecule has 0 bridgehead atoms. The minimum Gasteiger partial charge on any atom is -0.271 e. The molecule has 0 aliphatic heterocycles. The fourth-order valence-electron chi connectivity index (χ4n) is 1.85. The Labute approximate surface area is 82.8 Å². The van der Waals surface area contributed by atoms with Gasteiger partial charge in [0.1, 0.15) is 0 Å². The lowest BCUT2D eigenvalue weighted by atomic mass is 10.1. The first kappa shape index (κ1) is 9.54. The number of rotatable bonds is 4. The molecule has 2 rings (SSSR count). The van der Waals surface area contributed by atoms with Crippen LogP contribution in [-0.4, -0.2) is 26.2 Å². The minimum absolute atomic E-state index is 0.286. The van der Waals surface area contributed by atoms with Crippen molar-refractivity contribution >= 4 is 0 Å². The quantitative estimate of drug-likeness (QED) is 0.488. The second kappa shape index (κ2) is 3.62. The van der Waals surface area contributed by atoms with E-state index in [9.17, 15) is 0 Å². The maximum Gasteiger partial charge on any atom is 0.176 e. The number of tetrazole rings is 1. The van der Waals surface area contributed by atoms with Crippen molar-refractivity contribution in [3.05, 3.63) is 5.82 Å². The Bertz CT molecular complexity index is 309. The first-order chi connectivity index (χ1) is 6.70. The van der Waals surface area contributed by atoms with Gasteiger partial charge in [-0.2, -0.15) is 4.80 Å². The van der Waals surface area contributed by atoms with E-state index in [1.54, 1.807) is 7.05 Å². The third-order valence-corrected chi connectivity index (χ3v) is 2.85. The SMILES string of the molecule is CC1CC1C(Cc1nnn(C)n1)NN. The highest BCUT2D eigenvalue weighted by Gasteiger charge is 2.39. The van der Waals surface area contributed by atoms with E-state index in [0.717, 1.165) is 18.2 Å². The van der Waals surface area contributed by atoms with Crippen LogP contribution in [0.2, 0.25) is 0 Å². The molecule has 3 unspecified atom stereocenters. The molecule has 3 N–H and O–H groups in total. The van der Waals surface area contributed by atoms with Crippen LogP contribution in [0.1, 0.15) is 19.2 Å². The van der Waals surface area contributed by atoms with Crippen LogP contribution in [0, 0.1) is 11.8 Å². The molecule has 6 heteroatoms. The molecule has 78 valence electrons. The molecular weight excluding hydrogens is 180 g/mol. The number of aryl methyl sites for hydroxylation is 1. The molecule has 0 radical (unpaired) electrons. The molecule has 0 aromatic carbocycles. The number of nitrogens with zero attached hydrogens (tertiary/aromatic N) is 4. The number of nitrogens with two attached hydrogens (primary N) is 1. The number of hydrazine groups is 1. The third-order valence-electron chi connectivity index (χ3n) is 2.85. The van der Waals surface area contributed by atoms with E-state index in [4.69, 9.17) is 5.84 Å². The summed E-state index contributed by atoms with van der Waals surface area (Å²) in [5.41, 5.74) is 2.84. The first-order valence-electron chi connectivity index (χ1n) is 4.89. The lowest BCUT2D eigenvalue weighted by Crippen LogP contribution is -2.39. The highest BCUT2D eigenvalue weighted by Crippen LogP contribution is 2.40. The summed E-state index contributed by atoms with van der Waals surface area (Å²) in [6.45, 7) is 2.24. The third kappa shape index (κ3) is 1.91. The molecule has 0 amide bonds. The molecule has 1 aromatic rings. The van der Waals surface area contributed by atoms with Crippen molar-refractivity contribution in [2.24, 2.45) is 24.7 Å². The molecule has 1 aliphatic carbocycles. The zero-order chi connectivity index (χ0) is 10.1. The Kier molecular flexibility index (Phi) is 2.47. The fraction of sp³-hybridized carbons (Fsp3) is 0.875. The molecular formula is C8H16N6.